The molecule has 1 saturated heterocycles. The van der Waals surface area contributed by atoms with Gasteiger partial charge in [-0.2, -0.15) is 13.2 Å². The number of ether oxygens (including phenoxy) is 2. The predicted octanol–water partition coefficient (Wildman–Crippen LogP) is 3.23. The van der Waals surface area contributed by atoms with Gasteiger partial charge in [0.1, 0.15) is 5.75 Å². The van der Waals surface area contributed by atoms with Gasteiger partial charge in [0.25, 0.3) is 0 Å². The molecular formula is C15H20F3NO2. The Labute approximate surface area is 122 Å². The van der Waals surface area contributed by atoms with Gasteiger partial charge in [-0.15, -0.1) is 0 Å². The molecule has 1 fully saturated rings. The Morgan fingerprint density at radius 3 is 2.62 bits per heavy atom. The Balaban J connectivity index is 2.09. The summed E-state index contributed by atoms with van der Waals surface area (Å²) < 4.78 is 50.0. The van der Waals surface area contributed by atoms with Crippen LogP contribution >= 0.6 is 0 Å². The molecule has 6 heteroatoms. The van der Waals surface area contributed by atoms with Gasteiger partial charge in [0.15, 0.2) is 0 Å². The lowest BCUT2D eigenvalue weighted by molar-refractivity contribution is -0.139. The molecule has 0 atom stereocenters. The topological polar surface area (TPSA) is 30.5 Å². The van der Waals surface area contributed by atoms with E-state index in [9.17, 15) is 13.2 Å². The van der Waals surface area contributed by atoms with Crippen molar-refractivity contribution in [1.82, 2.24) is 5.32 Å². The molecule has 0 spiro atoms. The van der Waals surface area contributed by atoms with Crippen LogP contribution in [0.15, 0.2) is 18.2 Å². The lowest BCUT2D eigenvalue weighted by atomic mass is 10.0. The SMILES string of the molecule is CNCc1ccc(OCC2CCOCC2)c(C(F)(F)F)c1. The fourth-order valence-electron chi connectivity index (χ4n) is 2.36. The molecule has 1 heterocycles. The molecule has 0 aliphatic carbocycles. The zero-order valence-corrected chi connectivity index (χ0v) is 12.0. The van der Waals surface area contributed by atoms with Gasteiger partial charge in [0, 0.05) is 19.8 Å². The monoisotopic (exact) mass is 303 g/mol. The molecule has 3 nitrogen and oxygen atoms in total. The van der Waals surface area contributed by atoms with Gasteiger partial charge < -0.3 is 14.8 Å². The minimum absolute atomic E-state index is 0.0890. The highest BCUT2D eigenvalue weighted by molar-refractivity contribution is 5.39. The summed E-state index contributed by atoms with van der Waals surface area (Å²) in [6.07, 6.45) is -2.74. The molecule has 0 bridgehead atoms. The number of nitrogens with one attached hydrogen (secondary N) is 1. The van der Waals surface area contributed by atoms with Crippen molar-refractivity contribution in [3.63, 3.8) is 0 Å². The molecular weight excluding hydrogens is 283 g/mol. The smallest absolute Gasteiger partial charge is 0.419 e. The van der Waals surface area contributed by atoms with E-state index in [0.717, 1.165) is 18.9 Å². The highest BCUT2D eigenvalue weighted by Gasteiger charge is 2.34. The second kappa shape index (κ2) is 7.13. The Morgan fingerprint density at radius 1 is 1.29 bits per heavy atom. The number of hydrogen-bond donors (Lipinski definition) is 1. The maximum Gasteiger partial charge on any atom is 0.419 e. The van der Waals surface area contributed by atoms with Gasteiger partial charge in [-0.25, -0.2) is 0 Å². The van der Waals surface area contributed by atoms with Crippen molar-refractivity contribution in [2.24, 2.45) is 5.92 Å². The fourth-order valence-corrected chi connectivity index (χ4v) is 2.36. The molecule has 21 heavy (non-hydrogen) atoms. The number of benzene rings is 1. The second-order valence-electron chi connectivity index (χ2n) is 5.23. The molecule has 1 aliphatic heterocycles. The largest absolute Gasteiger partial charge is 0.493 e. The first-order valence-corrected chi connectivity index (χ1v) is 7.06. The van der Waals surface area contributed by atoms with Gasteiger partial charge in [-0.1, -0.05) is 6.07 Å². The summed E-state index contributed by atoms with van der Waals surface area (Å²) in [5.41, 5.74) is -0.120. The first kappa shape index (κ1) is 16.1. The average molecular weight is 303 g/mol. The first-order valence-electron chi connectivity index (χ1n) is 7.06. The Kier molecular flexibility index (Phi) is 5.47. The summed E-state index contributed by atoms with van der Waals surface area (Å²) in [6.45, 7) is 2.00. The maximum absolute atomic E-state index is 13.1. The van der Waals surface area contributed by atoms with Crippen molar-refractivity contribution < 1.29 is 22.6 Å². The van der Waals surface area contributed by atoms with Gasteiger partial charge >= 0.3 is 6.18 Å². The molecule has 1 aromatic carbocycles. The number of halogens is 3. The van der Waals surface area contributed by atoms with Crippen molar-refractivity contribution in [3.05, 3.63) is 29.3 Å². The van der Waals surface area contributed by atoms with Crippen LogP contribution in [-0.4, -0.2) is 26.9 Å². The summed E-state index contributed by atoms with van der Waals surface area (Å²) in [4.78, 5) is 0. The molecule has 118 valence electrons. The van der Waals surface area contributed by atoms with Crippen molar-refractivity contribution in [3.8, 4) is 5.75 Å². The summed E-state index contributed by atoms with van der Waals surface area (Å²) in [5, 5.41) is 2.84. The number of hydrogen-bond acceptors (Lipinski definition) is 3. The van der Waals surface area contributed by atoms with Crippen LogP contribution < -0.4 is 10.1 Å². The van der Waals surface area contributed by atoms with Crippen LogP contribution in [0.1, 0.15) is 24.0 Å². The molecule has 1 N–H and O–H groups in total. The highest BCUT2D eigenvalue weighted by atomic mass is 19.4. The average Bonchev–Trinajstić information content (AvgIpc) is 2.46. The Hall–Kier alpha value is -1.27. The van der Waals surface area contributed by atoms with Gasteiger partial charge in [-0.3, -0.25) is 0 Å². The van der Waals surface area contributed by atoms with Gasteiger partial charge in [-0.05, 0) is 43.5 Å². The maximum atomic E-state index is 13.1. The van der Waals surface area contributed by atoms with Crippen molar-refractivity contribution >= 4 is 0 Å². The molecule has 0 saturated carbocycles. The van der Waals surface area contributed by atoms with E-state index in [-0.39, 0.29) is 11.7 Å². The third kappa shape index (κ3) is 4.61. The second-order valence-corrected chi connectivity index (χ2v) is 5.23. The zero-order chi connectivity index (χ0) is 15.3. The lowest BCUT2D eigenvalue weighted by Gasteiger charge is -2.23. The van der Waals surface area contributed by atoms with Crippen LogP contribution in [0.25, 0.3) is 0 Å². The van der Waals surface area contributed by atoms with E-state index in [1.54, 1.807) is 13.1 Å². The third-order valence-electron chi connectivity index (χ3n) is 3.55. The van der Waals surface area contributed by atoms with Gasteiger partial charge in [0.2, 0.25) is 0 Å². The van der Waals surface area contributed by atoms with Crippen molar-refractivity contribution in [2.45, 2.75) is 25.6 Å². The highest BCUT2D eigenvalue weighted by Crippen LogP contribution is 2.37. The fraction of sp³-hybridized carbons (Fsp3) is 0.600. The minimum Gasteiger partial charge on any atom is -0.493 e. The van der Waals surface area contributed by atoms with Crippen LogP contribution in [0.5, 0.6) is 5.75 Å². The molecule has 0 amide bonds. The molecule has 1 aliphatic rings. The minimum atomic E-state index is -4.41. The first-order chi connectivity index (χ1) is 10.0. The van der Waals surface area contributed by atoms with E-state index in [1.165, 1.54) is 6.07 Å². The number of alkyl halides is 3. The third-order valence-corrected chi connectivity index (χ3v) is 3.55. The van der Waals surface area contributed by atoms with Crippen LogP contribution in [0.3, 0.4) is 0 Å². The lowest BCUT2D eigenvalue weighted by Crippen LogP contribution is -2.22. The van der Waals surface area contributed by atoms with Crippen molar-refractivity contribution in [1.29, 1.82) is 0 Å². The molecule has 0 radical (unpaired) electrons. The Bertz CT molecular complexity index is 457. The molecule has 1 aromatic rings. The summed E-state index contributed by atoms with van der Waals surface area (Å²) in [7, 11) is 1.70. The number of rotatable bonds is 5. The summed E-state index contributed by atoms with van der Waals surface area (Å²) in [5.74, 6) is 0.172. The van der Waals surface area contributed by atoms with E-state index in [4.69, 9.17) is 9.47 Å². The van der Waals surface area contributed by atoms with Crippen LogP contribution in [0.2, 0.25) is 0 Å². The zero-order valence-electron chi connectivity index (χ0n) is 12.0. The van der Waals surface area contributed by atoms with Crippen molar-refractivity contribution in [2.75, 3.05) is 26.9 Å². The standard InChI is InChI=1S/C15H20F3NO2/c1-19-9-12-2-3-14(13(8-12)15(16,17)18)21-10-11-4-6-20-7-5-11/h2-3,8,11,19H,4-7,9-10H2,1H3. The molecule has 0 aromatic heterocycles. The quantitative estimate of drug-likeness (QED) is 0.906. The summed E-state index contributed by atoms with van der Waals surface area (Å²) in [6, 6.07) is 4.22. The van der Waals surface area contributed by atoms with Crippen LogP contribution in [0, 0.1) is 5.92 Å². The van der Waals surface area contributed by atoms with E-state index in [2.05, 4.69) is 5.32 Å². The molecule has 2 rings (SSSR count). The van der Waals surface area contributed by atoms with Crippen LogP contribution in [-0.2, 0) is 17.5 Å². The van der Waals surface area contributed by atoms with Gasteiger partial charge in [0.05, 0.1) is 12.2 Å². The van der Waals surface area contributed by atoms with E-state index in [0.29, 0.717) is 31.9 Å². The van der Waals surface area contributed by atoms with Crippen LogP contribution in [0.4, 0.5) is 13.2 Å². The van der Waals surface area contributed by atoms with E-state index < -0.39 is 11.7 Å². The summed E-state index contributed by atoms with van der Waals surface area (Å²) >= 11 is 0. The van der Waals surface area contributed by atoms with E-state index >= 15 is 0 Å². The predicted molar refractivity (Wildman–Crippen MR) is 73.2 cm³/mol. The Morgan fingerprint density at radius 2 is 2.00 bits per heavy atom. The van der Waals surface area contributed by atoms with E-state index in [1.807, 2.05) is 0 Å². The normalized spacial score (nSPS) is 17.0. The molecule has 0 unspecified atom stereocenters.